The summed E-state index contributed by atoms with van der Waals surface area (Å²) >= 11 is 0. The lowest BCUT2D eigenvalue weighted by atomic mass is 9.33. The highest BCUT2D eigenvalue weighted by Crippen LogP contribution is 2.54. The Hall–Kier alpha value is -11.6. The molecule has 3 unspecified atom stereocenters. The minimum atomic E-state index is -1.45. The number of hydrogen-bond donors (Lipinski definition) is 0. The van der Waals surface area contributed by atoms with E-state index in [2.05, 4.69) is 41.0 Å². The van der Waals surface area contributed by atoms with Crippen LogP contribution in [0.2, 0.25) is 0 Å². The molecular formula is C85H58BN5. The fourth-order valence-corrected chi connectivity index (χ4v) is 14.5. The van der Waals surface area contributed by atoms with Crippen LogP contribution in [0, 0.1) is 11.3 Å². The molecule has 3 aliphatic heterocycles. The summed E-state index contributed by atoms with van der Waals surface area (Å²) < 4.78 is 170. The quantitative estimate of drug-likeness (QED) is 0.135. The van der Waals surface area contributed by atoms with Crippen molar-refractivity contribution in [2.24, 2.45) is 0 Å². The molecule has 5 nitrogen and oxygen atoms in total. The zero-order chi connectivity index (χ0) is 75.8. The van der Waals surface area contributed by atoms with Gasteiger partial charge in [0.2, 0.25) is 0 Å². The zero-order valence-corrected chi connectivity index (χ0v) is 48.5. The van der Waals surface area contributed by atoms with Crippen molar-refractivity contribution in [3.8, 4) is 56.3 Å². The second-order valence-electron chi connectivity index (χ2n) is 23.2. The average Bonchev–Trinajstić information content (AvgIpc) is 1.68. The fourth-order valence-electron chi connectivity index (χ4n) is 14.5. The van der Waals surface area contributed by atoms with E-state index in [4.69, 9.17) is 11.0 Å². The normalized spacial score (nSPS) is 19.6. The smallest absolute Gasteiger partial charge is 0.252 e. The standard InChI is InChI=1S/C85H58BN5/c87-55-71-77(90-76-40-21-18-36-70(76)84-67(37-22-43-79(84)90)60-32-14-5-15-33-60)41-23-42-78(71)91-81-52-62(57-26-8-2-9-27-57)45-47-73(81)86-72-46-44-61(56-24-6-1-7-25-56)51-80(72)89(65-49-63(58-28-10-3-11-29-58)48-64(50-65)59-30-12-4-13-31-59)82-53-66(54-83(91)85(82)86)88-74-38-19-16-34-68(74)69-35-17-20-39-75(69)88/h1-32,34-54,60,68,74H,33H2/i1D,2D,6D,7D,8D,9D,16D,17D,19D,20D,24D,25D,26D,27D,34D,35D,38D,39D. The third kappa shape index (κ3) is 8.39. The largest absolute Gasteiger partial charge is 0.333 e. The van der Waals surface area contributed by atoms with Crippen molar-refractivity contribution in [1.29, 1.82) is 5.26 Å². The number of fused-ring (bicyclic) bond motifs is 10. The van der Waals surface area contributed by atoms with E-state index >= 15 is 0 Å². The molecule has 0 fully saturated rings. The Morgan fingerprint density at radius 2 is 1.05 bits per heavy atom. The predicted molar refractivity (Wildman–Crippen MR) is 380 cm³/mol. The summed E-state index contributed by atoms with van der Waals surface area (Å²) in [6.45, 7) is -0.913. The van der Waals surface area contributed by atoms with Crippen LogP contribution in [0.1, 0.15) is 59.6 Å². The van der Waals surface area contributed by atoms with Crippen LogP contribution in [0.5, 0.6) is 0 Å². The van der Waals surface area contributed by atoms with Gasteiger partial charge in [-0.1, -0.05) is 248 Å². The number of nitriles is 1. The summed E-state index contributed by atoms with van der Waals surface area (Å²) in [4.78, 5) is 5.46. The molecule has 91 heavy (non-hydrogen) atoms. The van der Waals surface area contributed by atoms with Crippen molar-refractivity contribution in [2.45, 2.75) is 24.3 Å². The van der Waals surface area contributed by atoms with Gasteiger partial charge in [0.15, 0.2) is 0 Å². The van der Waals surface area contributed by atoms with Crippen molar-refractivity contribution in [2.75, 3.05) is 14.7 Å². The first-order chi connectivity index (χ1) is 52.6. The second-order valence-corrected chi connectivity index (χ2v) is 23.2. The molecule has 2 aliphatic carbocycles. The van der Waals surface area contributed by atoms with Gasteiger partial charge in [0.1, 0.15) is 11.6 Å². The predicted octanol–water partition coefficient (Wildman–Crippen LogP) is 19.7. The number of aromatic nitrogens is 1. The Balaban J connectivity index is 1.02. The van der Waals surface area contributed by atoms with E-state index in [-0.39, 0.29) is 56.4 Å². The molecule has 0 saturated heterocycles. The van der Waals surface area contributed by atoms with E-state index in [1.165, 1.54) is 0 Å². The Labute approximate surface area is 556 Å². The van der Waals surface area contributed by atoms with Crippen LogP contribution in [0.25, 0.3) is 72.0 Å². The topological polar surface area (TPSA) is 38.4 Å². The molecule has 0 saturated carbocycles. The third-order valence-electron chi connectivity index (χ3n) is 18.4. The lowest BCUT2D eigenvalue weighted by Gasteiger charge is -2.45. The molecule has 0 N–H and O–H groups in total. The fraction of sp³-hybridized carbons (Fsp3) is 0.0471. The van der Waals surface area contributed by atoms with Gasteiger partial charge in [0.25, 0.3) is 6.71 Å². The molecule has 3 atom stereocenters. The van der Waals surface area contributed by atoms with E-state index in [1.54, 1.807) is 41.3 Å². The number of nitrogens with zero attached hydrogens (tertiary/aromatic N) is 5. The molecule has 0 amide bonds. The van der Waals surface area contributed by atoms with Gasteiger partial charge in [-0.2, -0.15) is 5.26 Å². The van der Waals surface area contributed by atoms with E-state index in [9.17, 15) is 19.0 Å². The molecule has 12 aromatic carbocycles. The highest BCUT2D eigenvalue weighted by atomic mass is 15.2. The second kappa shape index (κ2) is 21.3. The van der Waals surface area contributed by atoms with Gasteiger partial charge in [0, 0.05) is 62.4 Å². The maximum atomic E-state index is 12.5. The Morgan fingerprint density at radius 3 is 1.75 bits per heavy atom. The van der Waals surface area contributed by atoms with E-state index in [0.29, 0.717) is 50.5 Å². The SMILES string of the molecule is [2H]C1=C([2H])C2c3c([2H])c([2H])c([2H])c([2H])c3N(c3cc4c5c(c3)N(c3cccc(-n6c7ccccc7c7c(C8C=CC=CC8)cccc76)c3C#N)c3cc(-c6c([2H])c([2H])c([2H])c([2H])c6[2H])ccc3B5c3ccc(-c5c([2H])c([2H])c([2H])c([2H])c5[2H])cc3N4c3cc(-c4ccccc4)cc(-c4ccccc4)c3)C2C([2H])=C1[2H]. The van der Waals surface area contributed by atoms with Crippen LogP contribution in [0.15, 0.2) is 321 Å². The van der Waals surface area contributed by atoms with Gasteiger partial charge in [-0.15, -0.1) is 0 Å². The van der Waals surface area contributed by atoms with Gasteiger partial charge in [-0.3, -0.25) is 0 Å². The average molecular weight is 1180 g/mol. The lowest BCUT2D eigenvalue weighted by Crippen LogP contribution is -2.61. The summed E-state index contributed by atoms with van der Waals surface area (Å²) in [6.07, 6.45) is 9.17. The van der Waals surface area contributed by atoms with E-state index < -0.39 is 127 Å². The van der Waals surface area contributed by atoms with E-state index in [0.717, 1.165) is 56.0 Å². The zero-order valence-electron chi connectivity index (χ0n) is 66.5. The van der Waals surface area contributed by atoms with Crippen LogP contribution in [-0.4, -0.2) is 17.3 Å². The summed E-state index contributed by atoms with van der Waals surface area (Å²) in [7, 11) is 0. The third-order valence-corrected chi connectivity index (χ3v) is 18.4. The van der Waals surface area contributed by atoms with Crippen LogP contribution in [0.4, 0.5) is 45.5 Å². The first-order valence-electron chi connectivity index (χ1n) is 39.2. The van der Waals surface area contributed by atoms with Crippen molar-refractivity contribution >= 4 is 90.4 Å². The maximum absolute atomic E-state index is 12.5. The van der Waals surface area contributed by atoms with Gasteiger partial charge < -0.3 is 19.3 Å². The van der Waals surface area contributed by atoms with Crippen molar-refractivity contribution in [3.63, 3.8) is 0 Å². The Morgan fingerprint density at radius 1 is 0.440 bits per heavy atom. The molecular weight excluding hydrogens is 1100 g/mol. The summed E-state index contributed by atoms with van der Waals surface area (Å²) in [5.41, 5.74) is 10.7. The summed E-state index contributed by atoms with van der Waals surface area (Å²) in [5, 5.41) is 14.4. The molecule has 0 spiro atoms. The molecule has 6 heteroatoms. The molecule has 5 aliphatic rings. The van der Waals surface area contributed by atoms with Crippen LogP contribution < -0.4 is 31.1 Å². The Bertz CT molecular complexity index is 6290. The molecule has 4 heterocycles. The van der Waals surface area contributed by atoms with Gasteiger partial charge in [0.05, 0.1) is 53.1 Å². The van der Waals surface area contributed by atoms with Crippen molar-refractivity contribution < 1.29 is 24.7 Å². The molecule has 0 bridgehead atoms. The number of rotatable bonds is 9. The van der Waals surface area contributed by atoms with Crippen molar-refractivity contribution in [3.05, 3.63) is 338 Å². The molecule has 1 aromatic heterocycles. The number of para-hydroxylation sites is 2. The molecule has 18 rings (SSSR count). The van der Waals surface area contributed by atoms with Crippen LogP contribution in [-0.2, 0) is 0 Å². The number of anilines is 8. The monoisotopic (exact) mass is 1180 g/mol. The lowest BCUT2D eigenvalue weighted by molar-refractivity contribution is 0.745. The van der Waals surface area contributed by atoms with Gasteiger partial charge >= 0.3 is 0 Å². The number of allylic oxidation sites excluding steroid dienone is 6. The minimum absolute atomic E-state index is 0.0251. The number of benzene rings is 12. The van der Waals surface area contributed by atoms with Crippen LogP contribution in [0.3, 0.4) is 0 Å². The van der Waals surface area contributed by atoms with Gasteiger partial charge in [-0.05, 0) is 151 Å². The molecule has 13 aromatic rings. The van der Waals surface area contributed by atoms with Gasteiger partial charge in [-0.25, -0.2) is 0 Å². The first-order valence-corrected chi connectivity index (χ1v) is 30.2. The highest BCUT2D eigenvalue weighted by molar-refractivity contribution is 7.00. The number of hydrogen-bond acceptors (Lipinski definition) is 4. The van der Waals surface area contributed by atoms with Crippen LogP contribution >= 0.6 is 0 Å². The maximum Gasteiger partial charge on any atom is 0.252 e. The summed E-state index contributed by atoms with van der Waals surface area (Å²) in [6, 6.07) is 51.1. The molecule has 426 valence electrons. The first kappa shape index (κ1) is 37.3. The van der Waals surface area contributed by atoms with E-state index in [1.807, 2.05) is 155 Å². The highest BCUT2D eigenvalue weighted by Gasteiger charge is 2.46. The molecule has 0 radical (unpaired) electrons. The summed E-state index contributed by atoms with van der Waals surface area (Å²) in [5.74, 6) is -1.37. The minimum Gasteiger partial charge on any atom is -0.333 e. The van der Waals surface area contributed by atoms with Crippen molar-refractivity contribution in [1.82, 2.24) is 4.57 Å². The Kier molecular flexibility index (Phi) is 8.72.